The fraction of sp³-hybridized carbons (Fsp3) is 0.354. The van der Waals surface area contributed by atoms with Crippen molar-refractivity contribution in [3.63, 3.8) is 0 Å². The molecular formula is C48H58N2O6Si. The molecule has 1 atom stereocenters. The van der Waals surface area contributed by atoms with Crippen molar-refractivity contribution >= 4 is 32.4 Å². The minimum Gasteiger partial charge on any atom is -0.543 e. The number of allylic oxidation sites excluding steroid dienone is 1. The molecule has 4 aromatic rings. The molecule has 0 fully saturated rings. The maximum absolute atomic E-state index is 14.2. The van der Waals surface area contributed by atoms with Crippen LogP contribution >= 0.6 is 0 Å². The summed E-state index contributed by atoms with van der Waals surface area (Å²) in [7, 11) is -2.17. The predicted octanol–water partition coefficient (Wildman–Crippen LogP) is 10.7. The summed E-state index contributed by atoms with van der Waals surface area (Å²) < 4.78 is 18.2. The standard InChI is InChI=1S/C48H58N2O6Si/c1-32(2)57(33(3)4,34(5)6)56-38-26-23-36(24-27-38)29-37(25-28-45(51)55-48(7,8)9)49-46(52)44(30-35-17-11-10-12-18-35)50-47(53)54-31-43-41-21-15-13-19-39(41)40-20-14-16-22-42(40)43/h10-29,32-34,43-44H,30-31H2,1-9H3,(H,49,52)(H,50,53)/b28-25+,37-29-/t44-/m1/s1. The molecule has 2 N–H and O–H groups in total. The normalized spacial score (nSPS) is 13.7. The summed E-state index contributed by atoms with van der Waals surface area (Å²) in [6.45, 7) is 19.0. The average Bonchev–Trinajstić information content (AvgIpc) is 3.48. The minimum absolute atomic E-state index is 0.109. The Balaban J connectivity index is 1.38. The van der Waals surface area contributed by atoms with Crippen molar-refractivity contribution in [2.75, 3.05) is 6.61 Å². The number of carbonyl (C=O) groups is 3. The molecule has 0 aliphatic heterocycles. The van der Waals surface area contributed by atoms with Gasteiger partial charge in [0.15, 0.2) is 0 Å². The van der Waals surface area contributed by atoms with Gasteiger partial charge in [-0.3, -0.25) is 4.79 Å². The van der Waals surface area contributed by atoms with Gasteiger partial charge in [0.05, 0.1) is 0 Å². The number of esters is 1. The number of hydrogen-bond acceptors (Lipinski definition) is 6. The van der Waals surface area contributed by atoms with Gasteiger partial charge in [-0.15, -0.1) is 0 Å². The van der Waals surface area contributed by atoms with Gasteiger partial charge in [0, 0.05) is 24.1 Å². The molecule has 4 aromatic carbocycles. The van der Waals surface area contributed by atoms with Crippen molar-refractivity contribution in [1.29, 1.82) is 0 Å². The van der Waals surface area contributed by atoms with Gasteiger partial charge in [-0.25, -0.2) is 9.59 Å². The maximum atomic E-state index is 14.2. The first kappa shape index (κ1) is 42.7. The van der Waals surface area contributed by atoms with Crippen LogP contribution in [-0.4, -0.2) is 44.5 Å². The van der Waals surface area contributed by atoms with Crippen LogP contribution < -0.4 is 15.1 Å². The topological polar surface area (TPSA) is 103 Å². The first-order valence-electron chi connectivity index (χ1n) is 20.0. The molecule has 0 unspecified atom stereocenters. The molecule has 0 saturated carbocycles. The van der Waals surface area contributed by atoms with Crippen molar-refractivity contribution < 1.29 is 28.3 Å². The largest absolute Gasteiger partial charge is 0.543 e. The quantitative estimate of drug-likeness (QED) is 0.0538. The van der Waals surface area contributed by atoms with Crippen LogP contribution in [-0.2, 0) is 25.5 Å². The van der Waals surface area contributed by atoms with E-state index >= 15 is 0 Å². The molecule has 2 amide bonds. The predicted molar refractivity (Wildman–Crippen MR) is 231 cm³/mol. The molecule has 0 bridgehead atoms. The van der Waals surface area contributed by atoms with Crippen LogP contribution in [0.2, 0.25) is 16.6 Å². The molecular weight excluding hydrogens is 729 g/mol. The number of fused-ring (bicyclic) bond motifs is 3. The first-order chi connectivity index (χ1) is 27.1. The van der Waals surface area contributed by atoms with Crippen molar-refractivity contribution in [2.24, 2.45) is 0 Å². The fourth-order valence-corrected chi connectivity index (χ4v) is 13.3. The molecule has 0 spiro atoms. The van der Waals surface area contributed by atoms with Gasteiger partial charge in [0.1, 0.15) is 24.0 Å². The van der Waals surface area contributed by atoms with E-state index in [1.807, 2.05) is 78.9 Å². The Hall–Kier alpha value is -5.41. The molecule has 57 heavy (non-hydrogen) atoms. The van der Waals surface area contributed by atoms with Crippen LogP contribution in [0, 0.1) is 0 Å². The van der Waals surface area contributed by atoms with Crippen molar-refractivity contribution in [3.8, 4) is 16.9 Å². The lowest BCUT2D eigenvalue weighted by Crippen LogP contribution is -2.50. The minimum atomic E-state index is -2.17. The van der Waals surface area contributed by atoms with Crippen LogP contribution in [0.25, 0.3) is 17.2 Å². The highest BCUT2D eigenvalue weighted by molar-refractivity contribution is 6.78. The third kappa shape index (κ3) is 10.9. The van der Waals surface area contributed by atoms with E-state index in [1.54, 1.807) is 26.8 Å². The first-order valence-corrected chi connectivity index (χ1v) is 22.1. The summed E-state index contributed by atoms with van der Waals surface area (Å²) >= 11 is 0. The molecule has 8 nitrogen and oxygen atoms in total. The number of hydrogen-bond donors (Lipinski definition) is 2. The number of alkyl carbamates (subject to hydrolysis) is 1. The average molecular weight is 787 g/mol. The number of nitrogens with one attached hydrogen (secondary N) is 2. The Kier molecular flexibility index (Phi) is 14.0. The molecule has 9 heteroatoms. The van der Waals surface area contributed by atoms with Crippen LogP contribution in [0.3, 0.4) is 0 Å². The highest BCUT2D eigenvalue weighted by atomic mass is 28.4. The maximum Gasteiger partial charge on any atom is 0.407 e. The second-order valence-electron chi connectivity index (χ2n) is 16.7. The second kappa shape index (κ2) is 18.7. The van der Waals surface area contributed by atoms with Crippen LogP contribution in [0.5, 0.6) is 5.75 Å². The highest BCUT2D eigenvalue weighted by Gasteiger charge is 2.47. The SMILES string of the molecule is CC(C)[Si](Oc1ccc(/C=C(/C=C/C(=O)OC(C)(C)C)NC(=O)[C@@H](Cc2ccccc2)NC(=O)OCC2c3ccccc3-c3ccccc32)cc1)(C(C)C)C(C)C. The molecule has 300 valence electrons. The zero-order valence-corrected chi connectivity index (χ0v) is 35.8. The lowest BCUT2D eigenvalue weighted by molar-refractivity contribution is -0.148. The van der Waals surface area contributed by atoms with Crippen LogP contribution in [0.1, 0.15) is 90.5 Å². The van der Waals surface area contributed by atoms with Crippen molar-refractivity contribution in [2.45, 2.75) is 103 Å². The van der Waals surface area contributed by atoms with Gasteiger partial charge in [0.2, 0.25) is 5.91 Å². The van der Waals surface area contributed by atoms with E-state index in [-0.39, 0.29) is 18.9 Å². The zero-order valence-electron chi connectivity index (χ0n) is 34.8. The fourth-order valence-electron chi connectivity index (χ4n) is 8.06. The number of benzene rings is 4. The molecule has 5 rings (SSSR count). The molecule has 0 radical (unpaired) electrons. The molecule has 0 saturated heterocycles. The van der Waals surface area contributed by atoms with Crippen LogP contribution in [0.15, 0.2) is 121 Å². The number of ether oxygens (including phenoxy) is 2. The Morgan fingerprint density at radius 2 is 1.26 bits per heavy atom. The molecule has 0 aromatic heterocycles. The summed E-state index contributed by atoms with van der Waals surface area (Å²) in [4.78, 5) is 40.4. The number of amides is 2. The number of rotatable bonds is 15. The molecule has 1 aliphatic rings. The van der Waals surface area contributed by atoms with E-state index in [0.717, 1.165) is 39.1 Å². The Labute approximate surface area is 339 Å². The summed E-state index contributed by atoms with van der Waals surface area (Å²) in [5, 5.41) is 5.79. The van der Waals surface area contributed by atoms with Gasteiger partial charge in [-0.2, -0.15) is 0 Å². The monoisotopic (exact) mass is 786 g/mol. The number of carbonyl (C=O) groups excluding carboxylic acids is 3. The van der Waals surface area contributed by atoms with Crippen molar-refractivity contribution in [3.05, 3.63) is 143 Å². The summed E-state index contributed by atoms with van der Waals surface area (Å²) in [6, 6.07) is 32.5. The van der Waals surface area contributed by atoms with E-state index in [9.17, 15) is 14.4 Å². The van der Waals surface area contributed by atoms with Gasteiger partial charge in [0.25, 0.3) is 8.32 Å². The smallest absolute Gasteiger partial charge is 0.407 e. The van der Waals surface area contributed by atoms with Crippen LogP contribution in [0.4, 0.5) is 4.79 Å². The summed E-state index contributed by atoms with van der Waals surface area (Å²) in [5.74, 6) is -0.357. The Bertz CT molecular complexity index is 2000. The molecule has 1 aliphatic carbocycles. The molecule has 0 heterocycles. The van der Waals surface area contributed by atoms with Crippen molar-refractivity contribution in [1.82, 2.24) is 10.6 Å². The highest BCUT2D eigenvalue weighted by Crippen LogP contribution is 2.45. The van der Waals surface area contributed by atoms with E-state index in [4.69, 9.17) is 13.9 Å². The van der Waals surface area contributed by atoms with Gasteiger partial charge in [-0.05, 0) is 95.1 Å². The second-order valence-corrected chi connectivity index (χ2v) is 22.0. The van der Waals surface area contributed by atoms with Gasteiger partial charge in [-0.1, -0.05) is 133 Å². The third-order valence-corrected chi connectivity index (χ3v) is 16.5. The van der Waals surface area contributed by atoms with E-state index < -0.39 is 37.9 Å². The summed E-state index contributed by atoms with van der Waals surface area (Å²) in [5.41, 5.74) is 6.97. The lowest BCUT2D eigenvalue weighted by Gasteiger charge is -2.42. The van der Waals surface area contributed by atoms with Gasteiger partial charge < -0.3 is 24.5 Å². The van der Waals surface area contributed by atoms with Gasteiger partial charge >= 0.3 is 12.1 Å². The van der Waals surface area contributed by atoms with E-state index in [0.29, 0.717) is 22.3 Å². The van der Waals surface area contributed by atoms with E-state index in [1.165, 1.54) is 12.2 Å². The Morgan fingerprint density at radius 3 is 1.81 bits per heavy atom. The Morgan fingerprint density at radius 1 is 0.719 bits per heavy atom. The summed E-state index contributed by atoms with van der Waals surface area (Å²) in [6.07, 6.45) is 4.07. The zero-order chi connectivity index (χ0) is 41.3. The third-order valence-electron chi connectivity index (χ3n) is 10.5. The lowest BCUT2D eigenvalue weighted by atomic mass is 9.98. The van der Waals surface area contributed by atoms with E-state index in [2.05, 4.69) is 76.4 Å².